The van der Waals surface area contributed by atoms with Crippen molar-refractivity contribution in [1.82, 2.24) is 25.1 Å². The van der Waals surface area contributed by atoms with Crippen molar-refractivity contribution in [2.24, 2.45) is 5.92 Å². The number of benzene rings is 1. The number of ether oxygens (including phenoxy) is 2. The number of halogens is 2. The van der Waals surface area contributed by atoms with E-state index < -0.39 is 5.60 Å². The van der Waals surface area contributed by atoms with E-state index in [2.05, 4.69) is 21.2 Å². The second kappa shape index (κ2) is 14.5. The van der Waals surface area contributed by atoms with Crippen LogP contribution in [0.4, 0.5) is 10.6 Å². The minimum absolute atomic E-state index is 0.0190. The van der Waals surface area contributed by atoms with Gasteiger partial charge in [0.25, 0.3) is 0 Å². The lowest BCUT2D eigenvalue weighted by Gasteiger charge is -2.41. The zero-order valence-corrected chi connectivity index (χ0v) is 29.6. The molecule has 256 valence electrons. The molecule has 48 heavy (non-hydrogen) atoms. The van der Waals surface area contributed by atoms with Gasteiger partial charge in [-0.15, -0.1) is 0 Å². The quantitative estimate of drug-likeness (QED) is 0.265. The summed E-state index contributed by atoms with van der Waals surface area (Å²) in [5, 5.41) is 4.03. The first-order valence-electron chi connectivity index (χ1n) is 16.7. The number of amides is 2. The van der Waals surface area contributed by atoms with Gasteiger partial charge in [0.15, 0.2) is 0 Å². The Morgan fingerprint density at radius 1 is 0.958 bits per heavy atom. The van der Waals surface area contributed by atoms with Crippen LogP contribution in [0.5, 0.6) is 11.6 Å². The third-order valence-corrected chi connectivity index (χ3v) is 9.55. The zero-order valence-electron chi connectivity index (χ0n) is 28.0. The highest BCUT2D eigenvalue weighted by molar-refractivity contribution is 6.35. The second-order valence-corrected chi connectivity index (χ2v) is 15.0. The van der Waals surface area contributed by atoms with Gasteiger partial charge in [-0.05, 0) is 107 Å². The number of carbonyl (C=O) groups excluding carboxylic acids is 2. The molecule has 1 aromatic carbocycles. The lowest BCUT2D eigenvalue weighted by molar-refractivity contribution is -0.119. The fraction of sp³-hybridized carbons (Fsp3) is 0.500. The smallest absolute Gasteiger partial charge is 0.410 e. The van der Waals surface area contributed by atoms with Crippen molar-refractivity contribution in [3.8, 4) is 22.9 Å². The Hall–Kier alpha value is -3.60. The number of hydrogen-bond acceptors (Lipinski definition) is 8. The van der Waals surface area contributed by atoms with Gasteiger partial charge in [0, 0.05) is 66.9 Å². The molecule has 1 N–H and O–H groups in total. The van der Waals surface area contributed by atoms with E-state index in [9.17, 15) is 9.59 Å². The molecule has 2 bridgehead atoms. The van der Waals surface area contributed by atoms with Crippen LogP contribution >= 0.6 is 23.2 Å². The molecule has 0 saturated carbocycles. The van der Waals surface area contributed by atoms with E-state index in [1.165, 1.54) is 0 Å². The van der Waals surface area contributed by atoms with Crippen molar-refractivity contribution >= 4 is 41.0 Å². The van der Waals surface area contributed by atoms with E-state index in [0.717, 1.165) is 74.5 Å². The summed E-state index contributed by atoms with van der Waals surface area (Å²) >= 11 is 12.7. The molecule has 12 heteroatoms. The SMILES string of the molecule is CC(=O)NCC1CCN(Cc2cc(Oc3ccc(N4C5CCC4CN(C(=O)OC(C)(C)C)C5)nc3)nc(-c3cc(Cl)cc(Cl)c3)c2)CC1. The number of nitrogens with one attached hydrogen (secondary N) is 1. The van der Waals surface area contributed by atoms with Crippen molar-refractivity contribution in [2.75, 3.05) is 37.6 Å². The molecule has 2 aromatic heterocycles. The first kappa shape index (κ1) is 34.3. The number of fused-ring (bicyclic) bond motifs is 2. The predicted octanol–water partition coefficient (Wildman–Crippen LogP) is 7.18. The number of anilines is 1. The summed E-state index contributed by atoms with van der Waals surface area (Å²) in [5.74, 6) is 2.42. The Kier molecular flexibility index (Phi) is 10.3. The summed E-state index contributed by atoms with van der Waals surface area (Å²) in [7, 11) is 0. The second-order valence-electron chi connectivity index (χ2n) is 14.1. The fourth-order valence-electron chi connectivity index (χ4n) is 6.91. The summed E-state index contributed by atoms with van der Waals surface area (Å²) in [6.07, 6.45) is 5.55. The number of piperidine rings is 1. The van der Waals surface area contributed by atoms with Crippen LogP contribution in [0.15, 0.2) is 48.7 Å². The normalized spacial score (nSPS) is 20.1. The standard InChI is InChI=1S/C36H44Cl2N6O4/c1-23(45)39-18-24-9-11-42(12-10-24)20-25-13-32(26-15-27(37)17-28(38)16-26)41-34(14-25)47-31-7-8-33(40-19-31)44-29-5-6-30(44)22-43(21-29)35(46)48-36(2,3)4/h7-8,13-17,19,24,29-30H,5-6,9-12,18,20-22H2,1-4H3,(H,39,45). The lowest BCUT2D eigenvalue weighted by Crippen LogP contribution is -2.56. The highest BCUT2D eigenvalue weighted by Gasteiger charge is 2.43. The minimum atomic E-state index is -0.520. The van der Waals surface area contributed by atoms with Gasteiger partial charge in [0.2, 0.25) is 11.8 Å². The van der Waals surface area contributed by atoms with Crippen LogP contribution in [0.1, 0.15) is 58.9 Å². The number of rotatable bonds is 8. The van der Waals surface area contributed by atoms with Crippen molar-refractivity contribution in [3.05, 3.63) is 64.3 Å². The van der Waals surface area contributed by atoms with E-state index >= 15 is 0 Å². The van der Waals surface area contributed by atoms with Crippen LogP contribution in [0.25, 0.3) is 11.3 Å². The van der Waals surface area contributed by atoms with Gasteiger partial charge in [-0.25, -0.2) is 14.8 Å². The third-order valence-electron chi connectivity index (χ3n) is 9.11. The number of aromatic nitrogens is 2. The molecule has 2 atom stereocenters. The first-order valence-corrected chi connectivity index (χ1v) is 17.5. The number of hydrogen-bond donors (Lipinski definition) is 1. The molecule has 2 amide bonds. The Balaban J connectivity index is 1.16. The van der Waals surface area contributed by atoms with Crippen molar-refractivity contribution in [3.63, 3.8) is 0 Å². The maximum Gasteiger partial charge on any atom is 0.410 e. The monoisotopic (exact) mass is 694 g/mol. The number of nitrogens with zero attached hydrogens (tertiary/aromatic N) is 5. The molecule has 0 radical (unpaired) electrons. The summed E-state index contributed by atoms with van der Waals surface area (Å²) in [4.78, 5) is 40.3. The van der Waals surface area contributed by atoms with Gasteiger partial charge in [0.1, 0.15) is 17.2 Å². The van der Waals surface area contributed by atoms with Crippen LogP contribution in [0, 0.1) is 5.92 Å². The van der Waals surface area contributed by atoms with E-state index in [-0.39, 0.29) is 24.1 Å². The number of pyridine rings is 2. The largest absolute Gasteiger partial charge is 0.444 e. The Morgan fingerprint density at radius 3 is 2.25 bits per heavy atom. The van der Waals surface area contributed by atoms with E-state index in [0.29, 0.717) is 40.7 Å². The lowest BCUT2D eigenvalue weighted by atomic mass is 9.96. The summed E-state index contributed by atoms with van der Waals surface area (Å²) < 4.78 is 12.0. The maximum absolute atomic E-state index is 12.8. The van der Waals surface area contributed by atoms with Crippen LogP contribution in [0.2, 0.25) is 10.0 Å². The molecule has 5 heterocycles. The molecular weight excluding hydrogens is 651 g/mol. The van der Waals surface area contributed by atoms with Crippen molar-refractivity contribution < 1.29 is 19.1 Å². The number of piperazine rings is 1. The van der Waals surface area contributed by atoms with Gasteiger partial charge in [-0.2, -0.15) is 0 Å². The predicted molar refractivity (Wildman–Crippen MR) is 188 cm³/mol. The molecule has 3 saturated heterocycles. The summed E-state index contributed by atoms with van der Waals surface area (Å²) in [6, 6.07) is 13.7. The van der Waals surface area contributed by atoms with Gasteiger partial charge >= 0.3 is 6.09 Å². The van der Waals surface area contributed by atoms with E-state index in [1.807, 2.05) is 56.0 Å². The molecule has 0 spiro atoms. The molecule has 3 aliphatic heterocycles. The first-order chi connectivity index (χ1) is 22.9. The van der Waals surface area contributed by atoms with Gasteiger partial charge in [-0.1, -0.05) is 23.2 Å². The minimum Gasteiger partial charge on any atom is -0.444 e. The molecule has 3 aliphatic rings. The van der Waals surface area contributed by atoms with E-state index in [1.54, 1.807) is 19.2 Å². The highest BCUT2D eigenvalue weighted by Crippen LogP contribution is 2.36. The number of carbonyl (C=O) groups is 2. The van der Waals surface area contributed by atoms with Gasteiger partial charge < -0.3 is 24.6 Å². The van der Waals surface area contributed by atoms with Crippen LogP contribution in [0.3, 0.4) is 0 Å². The molecule has 0 aliphatic carbocycles. The molecule has 10 nitrogen and oxygen atoms in total. The molecular formula is C36H44Cl2N6O4. The van der Waals surface area contributed by atoms with Crippen LogP contribution in [-0.4, -0.2) is 82.2 Å². The molecule has 6 rings (SSSR count). The summed E-state index contributed by atoms with van der Waals surface area (Å²) in [6.45, 7) is 11.8. The van der Waals surface area contributed by atoms with Crippen LogP contribution in [-0.2, 0) is 16.1 Å². The zero-order chi connectivity index (χ0) is 34.0. The Morgan fingerprint density at radius 2 is 1.65 bits per heavy atom. The Bertz CT molecular complexity index is 1590. The fourth-order valence-corrected chi connectivity index (χ4v) is 7.43. The molecule has 2 unspecified atom stereocenters. The average Bonchev–Trinajstić information content (AvgIpc) is 3.28. The maximum atomic E-state index is 12.8. The highest BCUT2D eigenvalue weighted by atomic mass is 35.5. The molecule has 3 fully saturated rings. The van der Waals surface area contributed by atoms with E-state index in [4.69, 9.17) is 42.6 Å². The van der Waals surface area contributed by atoms with Crippen LogP contribution < -0.4 is 15.0 Å². The third kappa shape index (κ3) is 8.70. The summed E-state index contributed by atoms with van der Waals surface area (Å²) in [5.41, 5.74) is 2.07. The van der Waals surface area contributed by atoms with Crippen molar-refractivity contribution in [2.45, 2.75) is 77.6 Å². The van der Waals surface area contributed by atoms with Crippen molar-refractivity contribution in [1.29, 1.82) is 0 Å². The molecule has 3 aromatic rings. The Labute approximate surface area is 292 Å². The van der Waals surface area contributed by atoms with Gasteiger partial charge in [-0.3, -0.25) is 9.69 Å². The van der Waals surface area contributed by atoms with Gasteiger partial charge in [0.05, 0.1) is 11.9 Å². The topological polar surface area (TPSA) is 100 Å². The number of likely N-dealkylation sites (tertiary alicyclic amines) is 2. The average molecular weight is 696 g/mol.